The van der Waals surface area contributed by atoms with Crippen molar-refractivity contribution in [2.24, 2.45) is 0 Å². The lowest BCUT2D eigenvalue weighted by Crippen LogP contribution is -2.32. The molecule has 1 aromatic rings. The summed E-state index contributed by atoms with van der Waals surface area (Å²) in [5.41, 5.74) is 2.43. The van der Waals surface area contributed by atoms with Crippen LogP contribution in [0.2, 0.25) is 0 Å². The minimum atomic E-state index is 0.969. The van der Waals surface area contributed by atoms with Crippen molar-refractivity contribution >= 4 is 5.69 Å². The van der Waals surface area contributed by atoms with Gasteiger partial charge >= 0.3 is 0 Å². The average Bonchev–Trinajstić information content (AvgIpc) is 2.39. The van der Waals surface area contributed by atoms with E-state index in [1.165, 1.54) is 11.3 Å². The molecular weight excluding hydrogens is 224 g/mol. The number of aryl methyl sites for hydroxylation is 1. The number of ether oxygens (including phenoxy) is 1. The first-order chi connectivity index (χ1) is 8.72. The fourth-order valence-electron chi connectivity index (χ4n) is 2.04. The van der Waals surface area contributed by atoms with Crippen molar-refractivity contribution < 1.29 is 4.74 Å². The molecule has 1 N–H and O–H groups in total. The fourth-order valence-corrected chi connectivity index (χ4v) is 2.04. The maximum Gasteiger partial charge on any atom is 0.123 e. The largest absolute Gasteiger partial charge is 0.496 e. The summed E-state index contributed by atoms with van der Waals surface area (Å²) < 4.78 is 5.40. The molecule has 0 fully saturated rings. The van der Waals surface area contributed by atoms with Crippen molar-refractivity contribution in [2.75, 3.05) is 38.2 Å². The second-order valence-corrected chi connectivity index (χ2v) is 4.49. The third-order valence-electron chi connectivity index (χ3n) is 3.06. The average molecular weight is 250 g/mol. The first-order valence-corrected chi connectivity index (χ1v) is 6.83. The van der Waals surface area contributed by atoms with Gasteiger partial charge in [-0.05, 0) is 31.5 Å². The molecule has 0 aromatic heterocycles. The highest BCUT2D eigenvalue weighted by molar-refractivity contribution is 5.53. The third kappa shape index (κ3) is 4.22. The van der Waals surface area contributed by atoms with Gasteiger partial charge in [-0.15, -0.1) is 0 Å². The van der Waals surface area contributed by atoms with E-state index in [9.17, 15) is 0 Å². The van der Waals surface area contributed by atoms with E-state index in [-0.39, 0.29) is 0 Å². The van der Waals surface area contributed by atoms with E-state index >= 15 is 0 Å². The molecule has 1 rings (SSSR count). The molecule has 0 heterocycles. The van der Waals surface area contributed by atoms with Crippen molar-refractivity contribution in [3.63, 3.8) is 0 Å². The van der Waals surface area contributed by atoms with Crippen molar-refractivity contribution in [2.45, 2.75) is 27.2 Å². The standard InChI is InChI=1S/C15H26N2O/c1-5-10-17(11-9-16-6-2)14-8-7-13(3)15(12-14)18-4/h7-8,12,16H,5-6,9-11H2,1-4H3. The van der Waals surface area contributed by atoms with Crippen LogP contribution in [-0.2, 0) is 0 Å². The second-order valence-electron chi connectivity index (χ2n) is 4.49. The minimum absolute atomic E-state index is 0.969. The quantitative estimate of drug-likeness (QED) is 0.718. The maximum absolute atomic E-state index is 5.40. The molecule has 0 aliphatic heterocycles. The molecule has 0 amide bonds. The summed E-state index contributed by atoms with van der Waals surface area (Å²) in [6, 6.07) is 6.44. The van der Waals surface area contributed by atoms with Crippen LogP contribution in [0.4, 0.5) is 5.69 Å². The zero-order valence-electron chi connectivity index (χ0n) is 12.1. The molecule has 0 aliphatic rings. The van der Waals surface area contributed by atoms with Gasteiger partial charge in [0.05, 0.1) is 7.11 Å². The Morgan fingerprint density at radius 1 is 1.22 bits per heavy atom. The highest BCUT2D eigenvalue weighted by atomic mass is 16.5. The Kier molecular flexibility index (Phi) is 6.58. The molecule has 3 nitrogen and oxygen atoms in total. The van der Waals surface area contributed by atoms with E-state index < -0.39 is 0 Å². The van der Waals surface area contributed by atoms with Crippen molar-refractivity contribution in [1.29, 1.82) is 0 Å². The summed E-state index contributed by atoms with van der Waals surface area (Å²) in [5.74, 6) is 0.969. The number of hydrogen-bond donors (Lipinski definition) is 1. The summed E-state index contributed by atoms with van der Waals surface area (Å²) >= 11 is 0. The summed E-state index contributed by atoms with van der Waals surface area (Å²) in [4.78, 5) is 2.41. The molecular formula is C15H26N2O. The summed E-state index contributed by atoms with van der Waals surface area (Å²) in [7, 11) is 1.73. The minimum Gasteiger partial charge on any atom is -0.496 e. The predicted molar refractivity (Wildman–Crippen MR) is 78.8 cm³/mol. The Morgan fingerprint density at radius 3 is 2.61 bits per heavy atom. The zero-order valence-corrected chi connectivity index (χ0v) is 12.1. The van der Waals surface area contributed by atoms with Gasteiger partial charge in [-0.1, -0.05) is 19.9 Å². The van der Waals surface area contributed by atoms with Gasteiger partial charge in [0, 0.05) is 31.4 Å². The number of benzene rings is 1. The normalized spacial score (nSPS) is 10.4. The number of likely N-dealkylation sites (N-methyl/N-ethyl adjacent to an activating group) is 1. The molecule has 3 heteroatoms. The molecule has 0 atom stereocenters. The SMILES string of the molecule is CCCN(CCNCC)c1ccc(C)c(OC)c1. The van der Waals surface area contributed by atoms with E-state index in [0.717, 1.165) is 38.3 Å². The lowest BCUT2D eigenvalue weighted by Gasteiger charge is -2.25. The third-order valence-corrected chi connectivity index (χ3v) is 3.06. The zero-order chi connectivity index (χ0) is 13.4. The first kappa shape index (κ1) is 14.8. The summed E-state index contributed by atoms with van der Waals surface area (Å²) in [6.45, 7) is 10.6. The Balaban J connectivity index is 2.77. The van der Waals surface area contributed by atoms with Crippen LogP contribution in [-0.4, -0.2) is 33.3 Å². The van der Waals surface area contributed by atoms with Gasteiger partial charge in [0.1, 0.15) is 5.75 Å². The summed E-state index contributed by atoms with van der Waals surface area (Å²) in [6.07, 6.45) is 1.16. The highest BCUT2D eigenvalue weighted by Gasteiger charge is 2.07. The van der Waals surface area contributed by atoms with Crippen LogP contribution in [0.1, 0.15) is 25.8 Å². The number of hydrogen-bond acceptors (Lipinski definition) is 3. The Labute approximate surface area is 111 Å². The molecule has 0 radical (unpaired) electrons. The lowest BCUT2D eigenvalue weighted by molar-refractivity contribution is 0.411. The van der Waals surface area contributed by atoms with Gasteiger partial charge < -0.3 is 15.0 Å². The predicted octanol–water partition coefficient (Wildman–Crippen LogP) is 2.83. The summed E-state index contributed by atoms with van der Waals surface area (Å²) in [5, 5.41) is 3.37. The van der Waals surface area contributed by atoms with E-state index in [4.69, 9.17) is 4.74 Å². The first-order valence-electron chi connectivity index (χ1n) is 6.83. The van der Waals surface area contributed by atoms with Crippen LogP contribution < -0.4 is 15.0 Å². The van der Waals surface area contributed by atoms with Crippen molar-refractivity contribution in [3.05, 3.63) is 23.8 Å². The van der Waals surface area contributed by atoms with E-state index in [1.54, 1.807) is 7.11 Å². The molecule has 1 aromatic carbocycles. The molecule has 0 bridgehead atoms. The molecule has 0 spiro atoms. The van der Waals surface area contributed by atoms with Gasteiger partial charge in [-0.3, -0.25) is 0 Å². The molecule has 0 aliphatic carbocycles. The second kappa shape index (κ2) is 7.98. The van der Waals surface area contributed by atoms with Crippen molar-refractivity contribution in [1.82, 2.24) is 5.32 Å². The van der Waals surface area contributed by atoms with E-state index in [0.29, 0.717) is 0 Å². The van der Waals surface area contributed by atoms with Crippen LogP contribution >= 0.6 is 0 Å². The van der Waals surface area contributed by atoms with Crippen LogP contribution in [0.5, 0.6) is 5.75 Å². The van der Waals surface area contributed by atoms with Crippen LogP contribution in [0.25, 0.3) is 0 Å². The highest BCUT2D eigenvalue weighted by Crippen LogP contribution is 2.24. The fraction of sp³-hybridized carbons (Fsp3) is 0.600. The number of nitrogens with zero attached hydrogens (tertiary/aromatic N) is 1. The molecule has 102 valence electrons. The van der Waals surface area contributed by atoms with Crippen LogP contribution in [0.3, 0.4) is 0 Å². The van der Waals surface area contributed by atoms with Crippen molar-refractivity contribution in [3.8, 4) is 5.75 Å². The molecule has 18 heavy (non-hydrogen) atoms. The van der Waals surface area contributed by atoms with Crippen LogP contribution in [0.15, 0.2) is 18.2 Å². The smallest absolute Gasteiger partial charge is 0.123 e. The molecule has 0 unspecified atom stereocenters. The maximum atomic E-state index is 5.40. The van der Waals surface area contributed by atoms with Crippen LogP contribution in [0, 0.1) is 6.92 Å². The van der Waals surface area contributed by atoms with E-state index in [1.807, 2.05) is 0 Å². The molecule has 0 saturated heterocycles. The van der Waals surface area contributed by atoms with Gasteiger partial charge in [0.15, 0.2) is 0 Å². The van der Waals surface area contributed by atoms with Gasteiger partial charge in [0.2, 0.25) is 0 Å². The molecule has 0 saturated carbocycles. The van der Waals surface area contributed by atoms with Gasteiger partial charge in [-0.2, -0.15) is 0 Å². The topological polar surface area (TPSA) is 24.5 Å². The monoisotopic (exact) mass is 250 g/mol. The Morgan fingerprint density at radius 2 is 2.00 bits per heavy atom. The lowest BCUT2D eigenvalue weighted by atomic mass is 10.2. The van der Waals surface area contributed by atoms with Gasteiger partial charge in [0.25, 0.3) is 0 Å². The number of rotatable bonds is 8. The van der Waals surface area contributed by atoms with E-state index in [2.05, 4.69) is 49.2 Å². The Hall–Kier alpha value is -1.22. The Bertz CT molecular complexity index is 352. The number of anilines is 1. The van der Waals surface area contributed by atoms with Gasteiger partial charge in [-0.25, -0.2) is 0 Å². The number of methoxy groups -OCH3 is 1. The number of nitrogens with one attached hydrogen (secondary N) is 1.